The molecule has 2 aliphatic heterocycles. The van der Waals surface area contributed by atoms with Gasteiger partial charge >= 0.3 is 0 Å². The average molecular weight is 319 g/mol. The third-order valence-electron chi connectivity index (χ3n) is 4.23. The molecule has 2 fully saturated rings. The summed E-state index contributed by atoms with van der Waals surface area (Å²) in [5.74, 6) is 0.818. The molecule has 8 heteroatoms. The van der Waals surface area contributed by atoms with Crippen LogP contribution in [0.25, 0.3) is 11.0 Å². The van der Waals surface area contributed by atoms with Crippen molar-refractivity contribution in [1.82, 2.24) is 19.7 Å². The van der Waals surface area contributed by atoms with Gasteiger partial charge in [0.15, 0.2) is 5.65 Å². The van der Waals surface area contributed by atoms with Crippen LogP contribution in [0.5, 0.6) is 0 Å². The van der Waals surface area contributed by atoms with Crippen LogP contribution < -0.4 is 4.90 Å². The van der Waals surface area contributed by atoms with E-state index in [0.29, 0.717) is 18.6 Å². The monoisotopic (exact) mass is 318 g/mol. The molecule has 4 rings (SSSR count). The number of hydrogen-bond acceptors (Lipinski definition) is 6. The second kappa shape index (κ2) is 5.38. The fourth-order valence-corrected chi connectivity index (χ4v) is 3.42. The first-order valence-corrected chi connectivity index (χ1v) is 7.79. The van der Waals surface area contributed by atoms with Crippen LogP contribution in [-0.2, 0) is 11.3 Å². The molecule has 2 aliphatic rings. The smallest absolute Gasteiger partial charge is 0.226 e. The number of hydrogen-bond donors (Lipinski definition) is 0. The van der Waals surface area contributed by atoms with Gasteiger partial charge in [-0.3, -0.25) is 0 Å². The van der Waals surface area contributed by atoms with Crippen molar-refractivity contribution in [1.29, 1.82) is 5.26 Å². The molecular weight excluding hydrogens is 304 g/mol. The van der Waals surface area contributed by atoms with Crippen molar-refractivity contribution in [2.45, 2.75) is 38.0 Å². The van der Waals surface area contributed by atoms with Gasteiger partial charge in [-0.25, -0.2) is 4.68 Å². The minimum absolute atomic E-state index is 0.208. The van der Waals surface area contributed by atoms with Gasteiger partial charge in [-0.1, -0.05) is 0 Å². The molecule has 2 aromatic rings. The Morgan fingerprint density at radius 2 is 2.09 bits per heavy atom. The summed E-state index contributed by atoms with van der Waals surface area (Å²) in [4.78, 5) is 10.9. The fraction of sp³-hybridized carbons (Fsp3) is 0.571. The number of halogens is 1. The van der Waals surface area contributed by atoms with Crippen LogP contribution in [0.4, 0.5) is 5.82 Å². The first-order valence-electron chi connectivity index (χ1n) is 7.41. The third kappa shape index (κ3) is 2.28. The molecule has 2 unspecified atom stereocenters. The Morgan fingerprint density at radius 3 is 2.82 bits per heavy atom. The number of nitriles is 1. The van der Waals surface area contributed by atoms with Gasteiger partial charge in [0.25, 0.3) is 0 Å². The summed E-state index contributed by atoms with van der Waals surface area (Å²) in [6.45, 7) is 2.14. The first kappa shape index (κ1) is 13.7. The normalized spacial score (nSPS) is 23.9. The van der Waals surface area contributed by atoms with Crippen molar-refractivity contribution >= 4 is 28.5 Å². The lowest BCUT2D eigenvalue weighted by atomic mass is 10.2. The van der Waals surface area contributed by atoms with Gasteiger partial charge in [0, 0.05) is 13.1 Å². The molecule has 0 amide bonds. The van der Waals surface area contributed by atoms with Crippen LogP contribution in [0, 0.1) is 11.3 Å². The second-order valence-electron chi connectivity index (χ2n) is 5.69. The molecule has 2 bridgehead atoms. The number of morpholine rings is 1. The fourth-order valence-electron chi connectivity index (χ4n) is 3.26. The molecule has 4 heterocycles. The molecule has 2 saturated heterocycles. The highest BCUT2D eigenvalue weighted by molar-refractivity contribution is 6.28. The topological polar surface area (TPSA) is 79.9 Å². The molecular formula is C14H15ClN6O. The predicted molar refractivity (Wildman–Crippen MR) is 80.7 cm³/mol. The molecule has 0 radical (unpaired) electrons. The van der Waals surface area contributed by atoms with Crippen molar-refractivity contribution in [2.24, 2.45) is 0 Å². The lowest BCUT2D eigenvalue weighted by molar-refractivity contribution is 0.0303. The van der Waals surface area contributed by atoms with Gasteiger partial charge < -0.3 is 9.64 Å². The zero-order valence-corrected chi connectivity index (χ0v) is 12.7. The van der Waals surface area contributed by atoms with Crippen LogP contribution in [-0.4, -0.2) is 45.0 Å². The summed E-state index contributed by atoms with van der Waals surface area (Å²) in [5.41, 5.74) is 0.684. The molecule has 0 spiro atoms. The van der Waals surface area contributed by atoms with E-state index in [1.807, 2.05) is 0 Å². The molecule has 0 saturated carbocycles. The summed E-state index contributed by atoms with van der Waals surface area (Å²) in [7, 11) is 0. The lowest BCUT2D eigenvalue weighted by Gasteiger charge is -2.33. The Kier molecular flexibility index (Phi) is 3.36. The Bertz CT molecular complexity index is 742. The van der Waals surface area contributed by atoms with E-state index >= 15 is 0 Å². The molecule has 114 valence electrons. The highest BCUT2D eigenvalue weighted by Crippen LogP contribution is 2.32. The van der Waals surface area contributed by atoms with E-state index in [0.717, 1.165) is 37.1 Å². The zero-order chi connectivity index (χ0) is 15.1. The van der Waals surface area contributed by atoms with Crippen LogP contribution in [0.2, 0.25) is 5.28 Å². The molecule has 2 atom stereocenters. The molecule has 7 nitrogen and oxygen atoms in total. The summed E-state index contributed by atoms with van der Waals surface area (Å²) in [6.07, 6.45) is 4.90. The summed E-state index contributed by atoms with van der Waals surface area (Å²) >= 11 is 6.11. The Hall–Kier alpha value is -1.91. The van der Waals surface area contributed by atoms with Gasteiger partial charge in [-0.15, -0.1) is 0 Å². The van der Waals surface area contributed by atoms with E-state index in [1.165, 1.54) is 0 Å². The summed E-state index contributed by atoms with van der Waals surface area (Å²) in [6, 6.07) is 2.12. The molecule has 2 aromatic heterocycles. The van der Waals surface area contributed by atoms with E-state index in [-0.39, 0.29) is 17.5 Å². The Labute approximate surface area is 132 Å². The Balaban J connectivity index is 1.74. The molecule has 0 aromatic carbocycles. The van der Waals surface area contributed by atoms with Crippen molar-refractivity contribution in [3.8, 4) is 6.07 Å². The van der Waals surface area contributed by atoms with Gasteiger partial charge in [0.05, 0.1) is 42.8 Å². The quantitative estimate of drug-likeness (QED) is 0.802. The second-order valence-corrected chi connectivity index (χ2v) is 6.03. The maximum atomic E-state index is 8.74. The predicted octanol–water partition coefficient (Wildman–Crippen LogP) is 1.76. The van der Waals surface area contributed by atoms with Crippen LogP contribution in [0.15, 0.2) is 6.20 Å². The van der Waals surface area contributed by atoms with E-state index in [1.54, 1.807) is 10.9 Å². The zero-order valence-electron chi connectivity index (χ0n) is 11.9. The lowest BCUT2D eigenvalue weighted by Crippen LogP contribution is -2.43. The third-order valence-corrected chi connectivity index (χ3v) is 4.40. The van der Waals surface area contributed by atoms with Gasteiger partial charge in [0.1, 0.15) is 5.82 Å². The van der Waals surface area contributed by atoms with E-state index < -0.39 is 0 Å². The number of anilines is 1. The maximum Gasteiger partial charge on any atom is 0.226 e. The molecule has 22 heavy (non-hydrogen) atoms. The van der Waals surface area contributed by atoms with E-state index in [9.17, 15) is 0 Å². The summed E-state index contributed by atoms with van der Waals surface area (Å²) in [5, 5.41) is 14.2. The van der Waals surface area contributed by atoms with Crippen LogP contribution in [0.3, 0.4) is 0 Å². The SMILES string of the molecule is N#CCCn1ncc2c(N3CC4CCC(C3)O4)nc(Cl)nc21. The number of aromatic nitrogens is 4. The largest absolute Gasteiger partial charge is 0.371 e. The Morgan fingerprint density at radius 1 is 1.32 bits per heavy atom. The van der Waals surface area contributed by atoms with E-state index in [2.05, 4.69) is 26.0 Å². The molecule has 0 N–H and O–H groups in total. The van der Waals surface area contributed by atoms with Gasteiger partial charge in [-0.05, 0) is 24.4 Å². The standard InChI is InChI=1S/C14H15ClN6O/c15-14-18-12(20-7-9-2-3-10(8-20)22-9)11-6-17-21(5-1-4-16)13(11)19-14/h6,9-10H,1-3,5,7-8H2. The van der Waals surface area contributed by atoms with Gasteiger partial charge in [0.2, 0.25) is 5.28 Å². The van der Waals surface area contributed by atoms with Crippen molar-refractivity contribution in [2.75, 3.05) is 18.0 Å². The highest BCUT2D eigenvalue weighted by atomic mass is 35.5. The number of ether oxygens (including phenoxy) is 1. The highest BCUT2D eigenvalue weighted by Gasteiger charge is 2.35. The summed E-state index contributed by atoms with van der Waals surface area (Å²) < 4.78 is 7.59. The number of rotatable bonds is 3. The van der Waals surface area contributed by atoms with Crippen LogP contribution >= 0.6 is 11.6 Å². The van der Waals surface area contributed by atoms with E-state index in [4.69, 9.17) is 21.6 Å². The average Bonchev–Trinajstić information content (AvgIpc) is 3.07. The first-order chi connectivity index (χ1) is 10.7. The van der Waals surface area contributed by atoms with Crippen molar-refractivity contribution < 1.29 is 4.74 Å². The molecule has 0 aliphatic carbocycles. The minimum atomic E-state index is 0.208. The van der Waals surface area contributed by atoms with Gasteiger partial charge in [-0.2, -0.15) is 20.3 Å². The van der Waals surface area contributed by atoms with Crippen molar-refractivity contribution in [3.63, 3.8) is 0 Å². The van der Waals surface area contributed by atoms with Crippen molar-refractivity contribution in [3.05, 3.63) is 11.5 Å². The van der Waals surface area contributed by atoms with Crippen LogP contribution in [0.1, 0.15) is 19.3 Å². The number of aryl methyl sites for hydroxylation is 1. The number of nitrogens with zero attached hydrogens (tertiary/aromatic N) is 6. The maximum absolute atomic E-state index is 8.74. The minimum Gasteiger partial charge on any atom is -0.371 e. The number of fused-ring (bicyclic) bond motifs is 3.